The van der Waals surface area contributed by atoms with Gasteiger partial charge >= 0.3 is 0 Å². The number of aryl methyl sites for hydroxylation is 1. The van der Waals surface area contributed by atoms with Crippen LogP contribution in [-0.2, 0) is 14.8 Å². The van der Waals surface area contributed by atoms with Crippen LogP contribution in [0.2, 0.25) is 5.02 Å². The molecular weight excluding hydrogens is 538 g/mol. The van der Waals surface area contributed by atoms with Crippen LogP contribution in [0.1, 0.15) is 18.5 Å². The van der Waals surface area contributed by atoms with E-state index in [1.165, 1.54) is 27.8 Å². The average Bonchev–Trinajstić information content (AvgIpc) is 3.60. The SMILES string of the molecule is Cc1cc(NC(=O)C2CCN(S(=O)(=O)c3ccc(Cl)cc3)CC2)n(-c2nc3cc4c(cc3s2)OCO4)n1. The Morgan fingerprint density at radius 3 is 2.54 bits per heavy atom. The van der Waals surface area contributed by atoms with E-state index in [1.807, 2.05) is 19.1 Å². The van der Waals surface area contributed by atoms with E-state index in [4.69, 9.17) is 21.1 Å². The molecule has 1 fully saturated rings. The van der Waals surface area contributed by atoms with Crippen LogP contribution in [0.15, 0.2) is 47.4 Å². The Morgan fingerprint density at radius 1 is 1.11 bits per heavy atom. The first-order chi connectivity index (χ1) is 17.8. The van der Waals surface area contributed by atoms with Crippen molar-refractivity contribution in [2.45, 2.75) is 24.7 Å². The summed E-state index contributed by atoms with van der Waals surface area (Å²) in [5.41, 5.74) is 1.48. The molecule has 0 saturated carbocycles. The highest BCUT2D eigenvalue weighted by molar-refractivity contribution is 7.89. The van der Waals surface area contributed by atoms with Gasteiger partial charge < -0.3 is 14.8 Å². The van der Waals surface area contributed by atoms with Crippen molar-refractivity contribution in [3.05, 3.63) is 53.2 Å². The van der Waals surface area contributed by atoms with Crippen LogP contribution < -0.4 is 14.8 Å². The number of amides is 1. The molecule has 2 aromatic carbocycles. The second kappa shape index (κ2) is 9.28. The Balaban J connectivity index is 1.16. The second-order valence-corrected chi connectivity index (χ2v) is 12.3. The maximum absolute atomic E-state index is 13.1. The van der Waals surface area contributed by atoms with Crippen molar-refractivity contribution in [2.24, 2.45) is 5.92 Å². The highest BCUT2D eigenvalue weighted by Gasteiger charge is 2.32. The molecule has 192 valence electrons. The minimum Gasteiger partial charge on any atom is -0.454 e. The number of hydrogen-bond donors (Lipinski definition) is 1. The van der Waals surface area contributed by atoms with E-state index in [0.717, 1.165) is 15.9 Å². The third-order valence-electron chi connectivity index (χ3n) is 6.41. The molecule has 4 aromatic rings. The molecule has 2 aliphatic heterocycles. The van der Waals surface area contributed by atoms with E-state index < -0.39 is 10.0 Å². The number of aromatic nitrogens is 3. The minimum atomic E-state index is -3.64. The summed E-state index contributed by atoms with van der Waals surface area (Å²) in [4.78, 5) is 18.0. The molecule has 0 radical (unpaired) electrons. The number of sulfonamides is 1. The molecule has 1 N–H and O–H groups in total. The van der Waals surface area contributed by atoms with Crippen LogP contribution >= 0.6 is 22.9 Å². The number of rotatable bonds is 5. The van der Waals surface area contributed by atoms with Gasteiger partial charge in [-0.05, 0) is 44.0 Å². The molecule has 4 heterocycles. The third-order valence-corrected chi connectivity index (χ3v) is 9.57. The first-order valence-electron chi connectivity index (χ1n) is 11.6. The number of nitrogens with one attached hydrogen (secondary N) is 1. The fraction of sp³-hybridized carbons (Fsp3) is 0.292. The zero-order chi connectivity index (χ0) is 25.7. The van der Waals surface area contributed by atoms with Gasteiger partial charge in [0.2, 0.25) is 27.9 Å². The maximum Gasteiger partial charge on any atom is 0.243 e. The molecule has 6 rings (SSSR count). The number of benzene rings is 2. The van der Waals surface area contributed by atoms with E-state index in [0.29, 0.717) is 40.3 Å². The molecule has 0 bridgehead atoms. The lowest BCUT2D eigenvalue weighted by atomic mass is 9.97. The number of anilines is 1. The Bertz CT molecular complexity index is 1570. The normalized spacial score (nSPS) is 16.4. The van der Waals surface area contributed by atoms with Gasteiger partial charge in [-0.15, -0.1) is 0 Å². The number of ether oxygens (including phenoxy) is 2. The molecule has 0 spiro atoms. The molecule has 1 saturated heterocycles. The number of piperidine rings is 1. The fourth-order valence-corrected chi connectivity index (χ4v) is 7.01. The topological polar surface area (TPSA) is 116 Å². The quantitative estimate of drug-likeness (QED) is 0.389. The first kappa shape index (κ1) is 24.2. The third kappa shape index (κ3) is 4.54. The molecular formula is C24H22ClN5O5S2. The molecule has 2 aliphatic rings. The van der Waals surface area contributed by atoms with Crippen molar-refractivity contribution < 1.29 is 22.7 Å². The van der Waals surface area contributed by atoms with Crippen molar-refractivity contribution >= 4 is 54.9 Å². The summed E-state index contributed by atoms with van der Waals surface area (Å²) >= 11 is 7.32. The van der Waals surface area contributed by atoms with Crippen LogP contribution in [0.25, 0.3) is 15.3 Å². The van der Waals surface area contributed by atoms with Gasteiger partial charge in [0.1, 0.15) is 5.82 Å². The number of thiazole rings is 1. The van der Waals surface area contributed by atoms with Crippen LogP contribution in [0.4, 0.5) is 5.82 Å². The summed E-state index contributed by atoms with van der Waals surface area (Å²) in [5, 5.41) is 8.58. The highest BCUT2D eigenvalue weighted by atomic mass is 35.5. The van der Waals surface area contributed by atoms with E-state index in [9.17, 15) is 13.2 Å². The number of fused-ring (bicyclic) bond motifs is 2. The first-order valence-corrected chi connectivity index (χ1v) is 14.3. The number of nitrogens with zero attached hydrogens (tertiary/aromatic N) is 4. The smallest absolute Gasteiger partial charge is 0.243 e. The lowest BCUT2D eigenvalue weighted by molar-refractivity contribution is -0.120. The molecule has 10 nitrogen and oxygen atoms in total. The summed E-state index contributed by atoms with van der Waals surface area (Å²) in [6.45, 7) is 2.55. The second-order valence-electron chi connectivity index (χ2n) is 8.87. The number of carbonyl (C=O) groups is 1. The van der Waals surface area contributed by atoms with Gasteiger partial charge in [-0.1, -0.05) is 22.9 Å². The fourth-order valence-electron chi connectivity index (χ4n) is 4.47. The van der Waals surface area contributed by atoms with Crippen LogP contribution in [-0.4, -0.2) is 53.3 Å². The molecule has 0 unspecified atom stereocenters. The lowest BCUT2D eigenvalue weighted by Crippen LogP contribution is -2.41. The van der Waals surface area contributed by atoms with Gasteiger partial charge in [0.15, 0.2) is 11.5 Å². The van der Waals surface area contributed by atoms with E-state index in [2.05, 4.69) is 15.4 Å². The van der Waals surface area contributed by atoms with Gasteiger partial charge in [0, 0.05) is 42.2 Å². The van der Waals surface area contributed by atoms with Gasteiger partial charge in [0.05, 0.1) is 20.8 Å². The maximum atomic E-state index is 13.1. The zero-order valence-corrected chi connectivity index (χ0v) is 22.1. The van der Waals surface area contributed by atoms with Gasteiger partial charge in [-0.3, -0.25) is 4.79 Å². The Labute approximate surface area is 221 Å². The van der Waals surface area contributed by atoms with Crippen molar-refractivity contribution in [3.63, 3.8) is 0 Å². The highest BCUT2D eigenvalue weighted by Crippen LogP contribution is 2.39. The molecule has 13 heteroatoms. The predicted octanol–water partition coefficient (Wildman–Crippen LogP) is 4.21. The number of halogens is 1. The van der Waals surface area contributed by atoms with Crippen molar-refractivity contribution in [2.75, 3.05) is 25.2 Å². The standard InChI is InChI=1S/C24H22ClN5O5S2/c1-14-10-22(30(28-14)24-26-18-11-19-20(35-13-34-19)12-21(18)36-24)27-23(31)15-6-8-29(9-7-15)37(32,33)17-4-2-16(25)3-5-17/h2-5,10-12,15H,6-9,13H2,1H3,(H,27,31). The van der Waals surface area contributed by atoms with E-state index in [-0.39, 0.29) is 36.6 Å². The van der Waals surface area contributed by atoms with Crippen molar-refractivity contribution in [1.29, 1.82) is 0 Å². The summed E-state index contributed by atoms with van der Waals surface area (Å²) in [7, 11) is -3.64. The average molecular weight is 560 g/mol. The summed E-state index contributed by atoms with van der Waals surface area (Å²) in [5.74, 6) is 1.34. The minimum absolute atomic E-state index is 0.174. The summed E-state index contributed by atoms with van der Waals surface area (Å²) in [6.07, 6.45) is 0.830. The van der Waals surface area contributed by atoms with Crippen LogP contribution in [0.3, 0.4) is 0 Å². The summed E-state index contributed by atoms with van der Waals surface area (Å²) in [6, 6.07) is 11.6. The van der Waals surface area contributed by atoms with E-state index >= 15 is 0 Å². The Kier molecular flexibility index (Phi) is 6.06. The largest absolute Gasteiger partial charge is 0.454 e. The lowest BCUT2D eigenvalue weighted by Gasteiger charge is -2.30. The van der Waals surface area contributed by atoms with E-state index in [1.54, 1.807) is 22.9 Å². The predicted molar refractivity (Wildman–Crippen MR) is 139 cm³/mol. The van der Waals surface area contributed by atoms with Gasteiger partial charge in [-0.25, -0.2) is 13.4 Å². The van der Waals surface area contributed by atoms with Crippen LogP contribution in [0, 0.1) is 12.8 Å². The summed E-state index contributed by atoms with van der Waals surface area (Å²) < 4.78 is 40.8. The molecule has 37 heavy (non-hydrogen) atoms. The van der Waals surface area contributed by atoms with Crippen molar-refractivity contribution in [1.82, 2.24) is 19.1 Å². The van der Waals surface area contributed by atoms with Gasteiger partial charge in [-0.2, -0.15) is 14.1 Å². The Hall–Kier alpha value is -3.19. The molecule has 0 atom stereocenters. The number of carbonyl (C=O) groups excluding carboxylic acids is 1. The molecule has 2 aromatic heterocycles. The van der Waals surface area contributed by atoms with Crippen LogP contribution in [0.5, 0.6) is 11.5 Å². The Morgan fingerprint density at radius 2 is 1.81 bits per heavy atom. The number of hydrogen-bond acceptors (Lipinski definition) is 8. The van der Waals surface area contributed by atoms with Crippen molar-refractivity contribution in [3.8, 4) is 16.6 Å². The molecule has 0 aliphatic carbocycles. The zero-order valence-electron chi connectivity index (χ0n) is 19.7. The van der Waals surface area contributed by atoms with Gasteiger partial charge in [0.25, 0.3) is 0 Å². The molecule has 1 amide bonds. The monoisotopic (exact) mass is 559 g/mol.